The van der Waals surface area contributed by atoms with Crippen LogP contribution < -0.4 is 0 Å². The summed E-state index contributed by atoms with van der Waals surface area (Å²) in [4.78, 5) is 12.3. The van der Waals surface area contributed by atoms with E-state index in [4.69, 9.17) is 4.74 Å². The zero-order valence-corrected chi connectivity index (χ0v) is 15.7. The molecule has 2 aromatic carbocycles. The highest BCUT2D eigenvalue weighted by molar-refractivity contribution is 5.91. The van der Waals surface area contributed by atoms with Crippen molar-refractivity contribution in [2.24, 2.45) is 0 Å². The SMILES string of the molecule is CCOC(=O)c1nn(-c2ccc(F)cc2F)c(-c2ccc(C3CC3)cc2)c1C. The maximum Gasteiger partial charge on any atom is 0.359 e. The van der Waals surface area contributed by atoms with Crippen molar-refractivity contribution in [2.75, 3.05) is 6.61 Å². The summed E-state index contributed by atoms with van der Waals surface area (Å²) in [5.41, 5.74) is 3.42. The van der Waals surface area contributed by atoms with Crippen molar-refractivity contribution in [1.82, 2.24) is 9.78 Å². The summed E-state index contributed by atoms with van der Waals surface area (Å²) < 4.78 is 34.3. The van der Waals surface area contributed by atoms with Gasteiger partial charge in [0.2, 0.25) is 0 Å². The number of esters is 1. The molecule has 1 aromatic heterocycles. The average Bonchev–Trinajstić information content (AvgIpc) is 3.46. The van der Waals surface area contributed by atoms with E-state index in [0.717, 1.165) is 11.6 Å². The van der Waals surface area contributed by atoms with Crippen molar-refractivity contribution in [1.29, 1.82) is 0 Å². The maximum atomic E-state index is 14.5. The molecule has 1 aliphatic carbocycles. The number of nitrogens with zero attached hydrogens (tertiary/aromatic N) is 2. The van der Waals surface area contributed by atoms with Gasteiger partial charge in [-0.05, 0) is 50.3 Å². The highest BCUT2D eigenvalue weighted by Crippen LogP contribution is 2.41. The van der Waals surface area contributed by atoms with Crippen molar-refractivity contribution in [3.05, 3.63) is 70.9 Å². The van der Waals surface area contributed by atoms with Gasteiger partial charge in [0, 0.05) is 17.2 Å². The minimum atomic E-state index is -0.756. The van der Waals surface area contributed by atoms with Crippen LogP contribution in [0, 0.1) is 18.6 Å². The smallest absolute Gasteiger partial charge is 0.359 e. The molecule has 1 fully saturated rings. The number of carbonyl (C=O) groups excluding carboxylic acids is 1. The van der Waals surface area contributed by atoms with Crippen molar-refractivity contribution in [2.45, 2.75) is 32.6 Å². The minimum absolute atomic E-state index is 0.0707. The van der Waals surface area contributed by atoms with E-state index in [2.05, 4.69) is 17.2 Å². The fourth-order valence-corrected chi connectivity index (χ4v) is 3.39. The van der Waals surface area contributed by atoms with Gasteiger partial charge in [-0.1, -0.05) is 24.3 Å². The molecule has 1 heterocycles. The molecule has 144 valence electrons. The number of rotatable bonds is 5. The van der Waals surface area contributed by atoms with E-state index in [1.54, 1.807) is 13.8 Å². The van der Waals surface area contributed by atoms with Crippen LogP contribution in [0.25, 0.3) is 16.9 Å². The third-order valence-corrected chi connectivity index (χ3v) is 4.96. The van der Waals surface area contributed by atoms with Crippen molar-refractivity contribution in [3.8, 4) is 16.9 Å². The molecule has 3 aromatic rings. The monoisotopic (exact) mass is 382 g/mol. The fourth-order valence-electron chi connectivity index (χ4n) is 3.39. The second-order valence-electron chi connectivity index (χ2n) is 6.95. The lowest BCUT2D eigenvalue weighted by Crippen LogP contribution is -2.08. The largest absolute Gasteiger partial charge is 0.461 e. The number of benzene rings is 2. The quantitative estimate of drug-likeness (QED) is 0.571. The van der Waals surface area contributed by atoms with Gasteiger partial charge in [-0.15, -0.1) is 0 Å². The molecular formula is C22H20F2N2O2. The third-order valence-electron chi connectivity index (χ3n) is 4.96. The van der Waals surface area contributed by atoms with Gasteiger partial charge in [0.25, 0.3) is 0 Å². The van der Waals surface area contributed by atoms with Gasteiger partial charge in [0.05, 0.1) is 12.3 Å². The highest BCUT2D eigenvalue weighted by Gasteiger charge is 2.26. The van der Waals surface area contributed by atoms with Crippen LogP contribution in [0.4, 0.5) is 8.78 Å². The molecule has 28 heavy (non-hydrogen) atoms. The van der Waals surface area contributed by atoms with E-state index >= 15 is 0 Å². The molecule has 4 nitrogen and oxygen atoms in total. The van der Waals surface area contributed by atoms with Crippen molar-refractivity contribution >= 4 is 5.97 Å². The lowest BCUT2D eigenvalue weighted by atomic mass is 10.0. The number of ether oxygens (including phenoxy) is 1. The number of carbonyl (C=O) groups is 1. The Hall–Kier alpha value is -3.02. The standard InChI is InChI=1S/C22H20F2N2O2/c1-3-28-22(27)20-13(2)21(16-8-6-15(7-9-16)14-4-5-14)26(25-20)19-11-10-17(23)12-18(19)24/h6-12,14H,3-5H2,1-2H3. The molecule has 0 N–H and O–H groups in total. The average molecular weight is 382 g/mol. The summed E-state index contributed by atoms with van der Waals surface area (Å²) in [6.45, 7) is 3.67. The lowest BCUT2D eigenvalue weighted by Gasteiger charge is -2.10. The summed E-state index contributed by atoms with van der Waals surface area (Å²) in [5.74, 6) is -1.39. The van der Waals surface area contributed by atoms with Crippen LogP contribution >= 0.6 is 0 Å². The van der Waals surface area contributed by atoms with Gasteiger partial charge < -0.3 is 4.74 Å². The van der Waals surface area contributed by atoms with E-state index in [9.17, 15) is 13.6 Å². The molecule has 0 bridgehead atoms. The zero-order chi connectivity index (χ0) is 19.8. The number of aromatic nitrogens is 2. The van der Waals surface area contributed by atoms with Crippen molar-refractivity contribution < 1.29 is 18.3 Å². The number of hydrogen-bond donors (Lipinski definition) is 0. The van der Waals surface area contributed by atoms with Gasteiger partial charge >= 0.3 is 5.97 Å². The Labute approximate surface area is 161 Å². The molecule has 0 saturated heterocycles. The predicted octanol–water partition coefficient (Wildman–Crippen LogP) is 5.18. The molecule has 0 radical (unpaired) electrons. The molecule has 1 saturated carbocycles. The van der Waals surface area contributed by atoms with Crippen LogP contribution in [0.5, 0.6) is 0 Å². The van der Waals surface area contributed by atoms with Gasteiger partial charge in [-0.2, -0.15) is 5.10 Å². The first kappa shape index (κ1) is 18.3. The van der Waals surface area contributed by atoms with Crippen LogP contribution in [0.15, 0.2) is 42.5 Å². The predicted molar refractivity (Wildman–Crippen MR) is 102 cm³/mol. The molecular weight excluding hydrogens is 362 g/mol. The Morgan fingerprint density at radius 1 is 1.18 bits per heavy atom. The molecule has 0 unspecified atom stereocenters. The number of hydrogen-bond acceptors (Lipinski definition) is 3. The first-order chi connectivity index (χ1) is 13.5. The summed E-state index contributed by atoms with van der Waals surface area (Å²) in [6.07, 6.45) is 2.40. The van der Waals surface area contributed by atoms with E-state index < -0.39 is 17.6 Å². The topological polar surface area (TPSA) is 44.1 Å². The van der Waals surface area contributed by atoms with Gasteiger partial charge in [0.15, 0.2) is 11.5 Å². The number of halogens is 2. The molecule has 6 heteroatoms. The van der Waals surface area contributed by atoms with Crippen LogP contribution in [-0.2, 0) is 4.74 Å². The van der Waals surface area contributed by atoms with Gasteiger partial charge in [-0.3, -0.25) is 0 Å². The van der Waals surface area contributed by atoms with Crippen LogP contribution in [0.3, 0.4) is 0 Å². The second kappa shape index (κ2) is 7.19. The van der Waals surface area contributed by atoms with E-state index in [1.807, 2.05) is 12.1 Å². The highest BCUT2D eigenvalue weighted by atomic mass is 19.1. The third kappa shape index (κ3) is 3.30. The minimum Gasteiger partial charge on any atom is -0.461 e. The fraction of sp³-hybridized carbons (Fsp3) is 0.273. The van der Waals surface area contributed by atoms with Crippen LogP contribution in [0.2, 0.25) is 0 Å². The summed E-state index contributed by atoms with van der Waals surface area (Å²) in [7, 11) is 0. The lowest BCUT2D eigenvalue weighted by molar-refractivity contribution is 0.0518. The second-order valence-corrected chi connectivity index (χ2v) is 6.95. The molecule has 0 aliphatic heterocycles. The summed E-state index contributed by atoms with van der Waals surface area (Å²) >= 11 is 0. The Morgan fingerprint density at radius 2 is 1.89 bits per heavy atom. The Bertz CT molecular complexity index is 1040. The van der Waals surface area contributed by atoms with E-state index in [-0.39, 0.29) is 18.0 Å². The Balaban J connectivity index is 1.88. The first-order valence-electron chi connectivity index (χ1n) is 9.32. The molecule has 0 atom stereocenters. The van der Waals surface area contributed by atoms with Gasteiger partial charge in [-0.25, -0.2) is 18.3 Å². The van der Waals surface area contributed by atoms with E-state index in [0.29, 0.717) is 17.2 Å². The normalized spacial score (nSPS) is 13.6. The summed E-state index contributed by atoms with van der Waals surface area (Å²) in [5, 5.41) is 4.31. The zero-order valence-electron chi connectivity index (χ0n) is 15.7. The summed E-state index contributed by atoms with van der Waals surface area (Å²) in [6, 6.07) is 11.3. The Kier molecular flexibility index (Phi) is 4.71. The van der Waals surface area contributed by atoms with Crippen molar-refractivity contribution in [3.63, 3.8) is 0 Å². The van der Waals surface area contributed by atoms with E-state index in [1.165, 1.54) is 35.2 Å². The molecule has 4 rings (SSSR count). The van der Waals surface area contributed by atoms with Gasteiger partial charge in [0.1, 0.15) is 11.5 Å². The van der Waals surface area contributed by atoms with Crippen LogP contribution in [0.1, 0.15) is 47.3 Å². The molecule has 0 amide bonds. The maximum absolute atomic E-state index is 14.5. The molecule has 1 aliphatic rings. The Morgan fingerprint density at radius 3 is 2.50 bits per heavy atom. The van der Waals surface area contributed by atoms with Crippen LogP contribution in [-0.4, -0.2) is 22.4 Å². The molecule has 0 spiro atoms. The first-order valence-corrected chi connectivity index (χ1v) is 9.32.